The average molecular weight is 317 g/mol. The van der Waals surface area contributed by atoms with E-state index in [0.717, 1.165) is 12.1 Å². The average Bonchev–Trinajstić information content (AvgIpc) is 2.37. The highest BCUT2D eigenvalue weighted by Crippen LogP contribution is 2.22. The maximum Gasteiger partial charge on any atom is 0.342 e. The Hall–Kier alpha value is -2.20. The lowest BCUT2D eigenvalue weighted by Crippen LogP contribution is -2.29. The van der Waals surface area contributed by atoms with E-state index in [4.69, 9.17) is 5.11 Å². The molecule has 116 valence electrons. The number of sulfonamides is 1. The predicted octanol–water partition coefficient (Wildman–Crippen LogP) is 0.644. The minimum atomic E-state index is -3.39. The van der Waals surface area contributed by atoms with E-state index >= 15 is 0 Å². The number of carbonyl (C=O) groups is 1. The largest absolute Gasteiger partial charge is 0.477 e. The third kappa shape index (κ3) is 5.00. The monoisotopic (exact) mass is 317 g/mol. The molecule has 1 aromatic rings. The van der Waals surface area contributed by atoms with Gasteiger partial charge in [0.25, 0.3) is 5.69 Å². The number of carboxylic acids is 1. The number of benzene rings is 1. The first-order chi connectivity index (χ1) is 9.76. The van der Waals surface area contributed by atoms with Crippen LogP contribution in [0.15, 0.2) is 18.2 Å². The maximum absolute atomic E-state index is 11.4. The van der Waals surface area contributed by atoms with Crippen LogP contribution in [0.5, 0.6) is 0 Å². The van der Waals surface area contributed by atoms with E-state index in [1.807, 2.05) is 0 Å². The Bertz CT molecular complexity index is 643. The fraction of sp³-hybridized carbons (Fsp3) is 0.364. The highest BCUT2D eigenvalue weighted by molar-refractivity contribution is 7.89. The molecule has 1 rings (SSSR count). The molecule has 3 N–H and O–H groups in total. The molecule has 1 aromatic carbocycles. The molecule has 10 heteroatoms. The van der Waals surface area contributed by atoms with Gasteiger partial charge in [-0.25, -0.2) is 17.9 Å². The second kappa shape index (κ2) is 6.99. The van der Waals surface area contributed by atoms with E-state index in [9.17, 15) is 23.3 Å². The van der Waals surface area contributed by atoms with Crippen molar-refractivity contribution in [1.29, 1.82) is 0 Å². The van der Waals surface area contributed by atoms with E-state index in [0.29, 0.717) is 5.69 Å². The highest BCUT2D eigenvalue weighted by Gasteiger charge is 2.20. The Morgan fingerprint density at radius 1 is 1.43 bits per heavy atom. The summed E-state index contributed by atoms with van der Waals surface area (Å²) >= 11 is 0. The third-order valence-electron chi connectivity index (χ3n) is 2.49. The fourth-order valence-electron chi connectivity index (χ4n) is 1.60. The minimum absolute atomic E-state index is 0.0478. The number of nitrogens with zero attached hydrogens (tertiary/aromatic N) is 1. The molecule has 0 aliphatic heterocycles. The van der Waals surface area contributed by atoms with Gasteiger partial charge >= 0.3 is 5.97 Å². The highest BCUT2D eigenvalue weighted by atomic mass is 32.2. The molecular formula is C11H15N3O6S. The molecule has 0 amide bonds. The van der Waals surface area contributed by atoms with Crippen molar-refractivity contribution in [3.8, 4) is 0 Å². The van der Waals surface area contributed by atoms with Crippen molar-refractivity contribution < 1.29 is 23.2 Å². The summed E-state index contributed by atoms with van der Waals surface area (Å²) in [6.45, 7) is 1.98. The van der Waals surface area contributed by atoms with E-state index < -0.39 is 32.2 Å². The zero-order valence-electron chi connectivity index (χ0n) is 11.2. The number of nitrogens with one attached hydrogen (secondary N) is 2. The van der Waals surface area contributed by atoms with Gasteiger partial charge in [0.1, 0.15) is 5.56 Å². The first kappa shape index (κ1) is 16.9. The van der Waals surface area contributed by atoms with Crippen LogP contribution < -0.4 is 10.0 Å². The standard InChI is InChI=1S/C11H15N3O6S/c1-2-13-21(19,20)6-5-12-8-3-4-10(14(17)18)9(7-8)11(15)16/h3-4,7,12-13H,2,5-6H2,1H3,(H,15,16). The second-order valence-electron chi connectivity index (χ2n) is 4.04. The molecule has 0 fully saturated rings. The van der Waals surface area contributed by atoms with Crippen LogP contribution >= 0.6 is 0 Å². The summed E-state index contributed by atoms with van der Waals surface area (Å²) in [5, 5.41) is 22.3. The summed E-state index contributed by atoms with van der Waals surface area (Å²) in [5.41, 5.74) is -0.683. The van der Waals surface area contributed by atoms with Crippen LogP contribution in [0.25, 0.3) is 0 Å². The van der Waals surface area contributed by atoms with Crippen LogP contribution in [0.1, 0.15) is 17.3 Å². The zero-order valence-corrected chi connectivity index (χ0v) is 12.0. The van der Waals surface area contributed by atoms with Crippen molar-refractivity contribution in [3.63, 3.8) is 0 Å². The second-order valence-corrected chi connectivity index (χ2v) is 5.96. The quantitative estimate of drug-likeness (QED) is 0.472. The Kier molecular flexibility index (Phi) is 5.61. The number of hydrogen-bond acceptors (Lipinski definition) is 6. The number of anilines is 1. The molecule has 9 nitrogen and oxygen atoms in total. The van der Waals surface area contributed by atoms with Crippen LogP contribution in [-0.4, -0.2) is 43.3 Å². The summed E-state index contributed by atoms with van der Waals surface area (Å²) < 4.78 is 25.1. The topological polar surface area (TPSA) is 139 Å². The Morgan fingerprint density at radius 2 is 2.10 bits per heavy atom. The molecule has 0 atom stereocenters. The minimum Gasteiger partial charge on any atom is -0.477 e. The lowest BCUT2D eigenvalue weighted by Gasteiger charge is -2.08. The van der Waals surface area contributed by atoms with Gasteiger partial charge in [-0.15, -0.1) is 0 Å². The molecule has 0 aliphatic rings. The molecule has 0 unspecified atom stereocenters. The van der Waals surface area contributed by atoms with Gasteiger partial charge in [-0.2, -0.15) is 0 Å². The first-order valence-corrected chi connectivity index (χ1v) is 7.65. The number of rotatable bonds is 8. The molecule has 0 spiro atoms. The molecule has 0 aliphatic carbocycles. The third-order valence-corrected chi connectivity index (χ3v) is 3.96. The first-order valence-electron chi connectivity index (χ1n) is 5.99. The van der Waals surface area contributed by atoms with Crippen molar-refractivity contribution in [2.24, 2.45) is 0 Å². The van der Waals surface area contributed by atoms with Gasteiger partial charge < -0.3 is 10.4 Å². The van der Waals surface area contributed by atoms with Crippen LogP contribution in [0.4, 0.5) is 11.4 Å². The number of nitro groups is 1. The molecule has 0 aromatic heterocycles. The van der Waals surface area contributed by atoms with Gasteiger partial charge in [-0.05, 0) is 12.1 Å². The van der Waals surface area contributed by atoms with Crippen LogP contribution in [0.2, 0.25) is 0 Å². The number of carboxylic acid groups (broad SMARTS) is 1. The smallest absolute Gasteiger partial charge is 0.342 e. The molecule has 0 saturated carbocycles. The molecule has 21 heavy (non-hydrogen) atoms. The van der Waals surface area contributed by atoms with Crippen LogP contribution in [-0.2, 0) is 10.0 Å². The van der Waals surface area contributed by atoms with Crippen LogP contribution in [0, 0.1) is 10.1 Å². The zero-order chi connectivity index (χ0) is 16.0. The maximum atomic E-state index is 11.4. The lowest BCUT2D eigenvalue weighted by atomic mass is 10.1. The normalized spacial score (nSPS) is 11.1. The van der Waals surface area contributed by atoms with Gasteiger partial charge in [-0.1, -0.05) is 6.92 Å². The Morgan fingerprint density at radius 3 is 2.62 bits per heavy atom. The van der Waals surface area contributed by atoms with E-state index in [2.05, 4.69) is 10.0 Å². The van der Waals surface area contributed by atoms with Crippen molar-refractivity contribution in [3.05, 3.63) is 33.9 Å². The van der Waals surface area contributed by atoms with Gasteiger partial charge in [0, 0.05) is 24.8 Å². The summed E-state index contributed by atoms with van der Waals surface area (Å²) in [6, 6.07) is 3.48. The van der Waals surface area contributed by atoms with Gasteiger partial charge in [0.05, 0.1) is 10.7 Å². The SMILES string of the molecule is CCNS(=O)(=O)CCNc1ccc([N+](=O)[O-])c(C(=O)O)c1. The van der Waals surface area contributed by atoms with Crippen LogP contribution in [0.3, 0.4) is 0 Å². The van der Waals surface area contributed by atoms with Crippen molar-refractivity contribution in [2.75, 3.05) is 24.2 Å². The fourth-order valence-corrected chi connectivity index (χ4v) is 2.55. The van der Waals surface area contributed by atoms with E-state index in [-0.39, 0.29) is 18.8 Å². The van der Waals surface area contributed by atoms with Crippen molar-refractivity contribution >= 4 is 27.4 Å². The summed E-state index contributed by atoms with van der Waals surface area (Å²) in [7, 11) is -3.39. The summed E-state index contributed by atoms with van der Waals surface area (Å²) in [4.78, 5) is 20.9. The molecular weight excluding hydrogens is 302 g/mol. The summed E-state index contributed by atoms with van der Waals surface area (Å²) in [5.74, 6) is -1.62. The molecule has 0 heterocycles. The number of hydrogen-bond donors (Lipinski definition) is 3. The van der Waals surface area contributed by atoms with Crippen molar-refractivity contribution in [2.45, 2.75) is 6.92 Å². The summed E-state index contributed by atoms with van der Waals surface area (Å²) in [6.07, 6.45) is 0. The van der Waals surface area contributed by atoms with Crippen molar-refractivity contribution in [1.82, 2.24) is 4.72 Å². The van der Waals surface area contributed by atoms with E-state index in [1.54, 1.807) is 6.92 Å². The number of nitro benzene ring substituents is 1. The van der Waals surface area contributed by atoms with E-state index in [1.165, 1.54) is 6.07 Å². The predicted molar refractivity (Wildman–Crippen MR) is 76.0 cm³/mol. The number of aromatic carboxylic acids is 1. The van der Waals surface area contributed by atoms with Gasteiger partial charge in [0.15, 0.2) is 0 Å². The lowest BCUT2D eigenvalue weighted by molar-refractivity contribution is -0.385. The Labute approximate surface area is 121 Å². The van der Waals surface area contributed by atoms with Gasteiger partial charge in [-0.3, -0.25) is 10.1 Å². The molecule has 0 saturated heterocycles. The molecule has 0 radical (unpaired) electrons. The van der Waals surface area contributed by atoms with Gasteiger partial charge in [0.2, 0.25) is 10.0 Å². The Balaban J connectivity index is 2.80. The molecule has 0 bridgehead atoms.